The standard InChI is InChI=1S/C26H28O11/c1-34-15-5-4-13-11-14-3-2-9-25-21(13)22(15)37-23(25)16(8-10-26(14,25)33)35-19(29)6-7-20(30)36-17(24(31)32)12-18(27)28/h4-5,8,14,17,23,33H,2-3,6-7,9-12H2,1H3,(H,27,28)(H,31,32)/t14-,17+,23+,25+,26-/m0/s1. The summed E-state index contributed by atoms with van der Waals surface area (Å²) in [6.07, 6.45) is 0.718. The fraction of sp³-hybridized carbons (Fsp3) is 0.538. The Kier molecular flexibility index (Phi) is 6.13. The van der Waals surface area contributed by atoms with Gasteiger partial charge in [-0.25, -0.2) is 4.79 Å². The van der Waals surface area contributed by atoms with Crippen molar-refractivity contribution in [3.05, 3.63) is 35.1 Å². The van der Waals surface area contributed by atoms with Crippen LogP contribution in [0.15, 0.2) is 24.0 Å². The molecule has 1 heterocycles. The number of methoxy groups -OCH3 is 1. The van der Waals surface area contributed by atoms with Crippen molar-refractivity contribution in [3.8, 4) is 11.5 Å². The lowest BCUT2D eigenvalue weighted by molar-refractivity contribution is -0.168. The van der Waals surface area contributed by atoms with Gasteiger partial charge in [0.2, 0.25) is 6.10 Å². The van der Waals surface area contributed by atoms with Gasteiger partial charge < -0.3 is 34.3 Å². The number of aliphatic carboxylic acids is 2. The van der Waals surface area contributed by atoms with Crippen LogP contribution in [0, 0.1) is 5.92 Å². The molecule has 5 rings (SSSR count). The molecule has 1 saturated carbocycles. The summed E-state index contributed by atoms with van der Waals surface area (Å²) in [7, 11) is 1.54. The van der Waals surface area contributed by atoms with E-state index in [1.165, 1.54) is 0 Å². The molecular weight excluding hydrogens is 488 g/mol. The summed E-state index contributed by atoms with van der Waals surface area (Å²) in [6.45, 7) is 0. The minimum atomic E-state index is -1.85. The third kappa shape index (κ3) is 3.83. The first-order valence-electron chi connectivity index (χ1n) is 12.2. The van der Waals surface area contributed by atoms with E-state index in [2.05, 4.69) is 4.74 Å². The number of hydrogen-bond donors (Lipinski definition) is 3. The quantitative estimate of drug-likeness (QED) is 0.410. The second-order valence-electron chi connectivity index (χ2n) is 10.0. The normalized spacial score (nSPS) is 29.2. The minimum Gasteiger partial charge on any atom is -0.493 e. The summed E-state index contributed by atoms with van der Waals surface area (Å²) in [5, 5.41) is 29.8. The molecular formula is C26H28O11. The molecule has 0 unspecified atom stereocenters. The second kappa shape index (κ2) is 9.05. The van der Waals surface area contributed by atoms with Gasteiger partial charge in [-0.3, -0.25) is 14.4 Å². The summed E-state index contributed by atoms with van der Waals surface area (Å²) in [6, 6.07) is 3.85. The van der Waals surface area contributed by atoms with Gasteiger partial charge in [0.15, 0.2) is 17.6 Å². The Morgan fingerprint density at radius 3 is 2.62 bits per heavy atom. The molecule has 4 aliphatic rings. The number of aliphatic hydroxyl groups is 1. The molecule has 1 aliphatic heterocycles. The summed E-state index contributed by atoms with van der Waals surface area (Å²) < 4.78 is 22.2. The van der Waals surface area contributed by atoms with Crippen LogP contribution < -0.4 is 9.47 Å². The highest BCUT2D eigenvalue weighted by molar-refractivity contribution is 5.84. The van der Waals surface area contributed by atoms with Crippen molar-refractivity contribution in [3.63, 3.8) is 0 Å². The van der Waals surface area contributed by atoms with Crippen molar-refractivity contribution >= 4 is 23.9 Å². The molecule has 1 fully saturated rings. The number of rotatable bonds is 9. The average Bonchev–Trinajstić information content (AvgIpc) is 3.18. The molecule has 1 spiro atoms. The lowest BCUT2D eigenvalue weighted by Gasteiger charge is -2.59. The largest absolute Gasteiger partial charge is 0.493 e. The van der Waals surface area contributed by atoms with Crippen molar-refractivity contribution in [2.45, 2.75) is 74.6 Å². The van der Waals surface area contributed by atoms with E-state index in [0.29, 0.717) is 17.9 Å². The molecule has 0 amide bonds. The second-order valence-corrected chi connectivity index (χ2v) is 10.0. The Morgan fingerprint density at radius 2 is 1.92 bits per heavy atom. The van der Waals surface area contributed by atoms with Crippen LogP contribution in [0.4, 0.5) is 0 Å². The Hall–Kier alpha value is -3.60. The lowest BCUT2D eigenvalue weighted by Crippen LogP contribution is -2.67. The molecule has 3 N–H and O–H groups in total. The van der Waals surface area contributed by atoms with E-state index in [-0.39, 0.29) is 18.1 Å². The zero-order valence-electron chi connectivity index (χ0n) is 20.2. The molecule has 3 aliphatic carbocycles. The number of ether oxygens (including phenoxy) is 4. The third-order valence-corrected chi connectivity index (χ3v) is 8.14. The minimum absolute atomic E-state index is 0.0375. The molecule has 1 aromatic carbocycles. The highest BCUT2D eigenvalue weighted by Crippen LogP contribution is 2.67. The molecule has 0 aromatic heterocycles. The molecule has 198 valence electrons. The van der Waals surface area contributed by atoms with Gasteiger partial charge in [-0.05, 0) is 49.3 Å². The van der Waals surface area contributed by atoms with Gasteiger partial charge in [0, 0.05) is 5.56 Å². The van der Waals surface area contributed by atoms with Crippen LogP contribution in [-0.2, 0) is 40.5 Å². The van der Waals surface area contributed by atoms with Crippen molar-refractivity contribution in [2.75, 3.05) is 7.11 Å². The maximum Gasteiger partial charge on any atom is 0.345 e. The Labute approximate surface area is 212 Å². The first-order chi connectivity index (χ1) is 17.6. The summed E-state index contributed by atoms with van der Waals surface area (Å²) in [5.74, 6) is -3.44. The molecule has 2 bridgehead atoms. The molecule has 0 radical (unpaired) electrons. The van der Waals surface area contributed by atoms with E-state index >= 15 is 0 Å². The van der Waals surface area contributed by atoms with E-state index < -0.39 is 66.4 Å². The van der Waals surface area contributed by atoms with Crippen molar-refractivity contribution in [1.82, 2.24) is 0 Å². The molecule has 5 atom stereocenters. The van der Waals surface area contributed by atoms with E-state index in [1.807, 2.05) is 12.1 Å². The van der Waals surface area contributed by atoms with Crippen LogP contribution in [0.3, 0.4) is 0 Å². The van der Waals surface area contributed by atoms with Crippen LogP contribution >= 0.6 is 0 Å². The Morgan fingerprint density at radius 1 is 1.16 bits per heavy atom. The zero-order chi connectivity index (χ0) is 26.5. The highest BCUT2D eigenvalue weighted by atomic mass is 16.6. The number of carbonyl (C=O) groups is 4. The van der Waals surface area contributed by atoms with Crippen molar-refractivity contribution in [1.29, 1.82) is 0 Å². The van der Waals surface area contributed by atoms with Gasteiger partial charge in [-0.15, -0.1) is 0 Å². The molecule has 11 heteroatoms. The van der Waals surface area contributed by atoms with Crippen molar-refractivity contribution < 1.29 is 53.4 Å². The van der Waals surface area contributed by atoms with Crippen LogP contribution in [0.5, 0.6) is 11.5 Å². The molecule has 1 aromatic rings. The predicted molar refractivity (Wildman–Crippen MR) is 123 cm³/mol. The maximum absolute atomic E-state index is 12.7. The van der Waals surface area contributed by atoms with Gasteiger partial charge in [0.25, 0.3) is 0 Å². The van der Waals surface area contributed by atoms with Gasteiger partial charge in [0.1, 0.15) is 5.76 Å². The smallest absolute Gasteiger partial charge is 0.345 e. The van der Waals surface area contributed by atoms with Crippen molar-refractivity contribution in [2.24, 2.45) is 5.92 Å². The SMILES string of the molecule is COc1ccc2c3c1O[C@@H]1C(OC(=O)CCC(=O)O[C@H](CC(=O)O)C(=O)O)=CC[C@]4(O)[C@@H](CCC[C@@]314)C2. The lowest BCUT2D eigenvalue weighted by atomic mass is 9.47. The molecule has 37 heavy (non-hydrogen) atoms. The Bertz CT molecular complexity index is 1200. The first kappa shape index (κ1) is 25.1. The van der Waals surface area contributed by atoms with E-state index in [4.69, 9.17) is 24.4 Å². The van der Waals surface area contributed by atoms with Crippen LogP contribution in [-0.4, -0.2) is 64.1 Å². The molecule has 11 nitrogen and oxygen atoms in total. The van der Waals surface area contributed by atoms with E-state index in [0.717, 1.165) is 30.4 Å². The summed E-state index contributed by atoms with van der Waals surface area (Å²) >= 11 is 0. The summed E-state index contributed by atoms with van der Waals surface area (Å²) in [4.78, 5) is 46.6. The van der Waals surface area contributed by atoms with Gasteiger partial charge in [-0.2, -0.15) is 0 Å². The number of carbonyl (C=O) groups excluding carboxylic acids is 2. The number of carboxylic acids is 2. The van der Waals surface area contributed by atoms with Gasteiger partial charge in [-0.1, -0.05) is 12.5 Å². The monoisotopic (exact) mass is 516 g/mol. The highest BCUT2D eigenvalue weighted by Gasteiger charge is 2.70. The van der Waals surface area contributed by atoms with Crippen LogP contribution in [0.1, 0.15) is 56.1 Å². The third-order valence-electron chi connectivity index (χ3n) is 8.14. The van der Waals surface area contributed by atoms with E-state index in [9.17, 15) is 24.3 Å². The van der Waals surface area contributed by atoms with Crippen LogP contribution in [0.25, 0.3) is 0 Å². The average molecular weight is 516 g/mol. The van der Waals surface area contributed by atoms with Crippen LogP contribution in [0.2, 0.25) is 0 Å². The predicted octanol–water partition coefficient (Wildman–Crippen LogP) is 1.86. The number of benzene rings is 1. The summed E-state index contributed by atoms with van der Waals surface area (Å²) in [5.41, 5.74) is 0.161. The number of esters is 2. The fourth-order valence-electron chi connectivity index (χ4n) is 6.62. The van der Waals surface area contributed by atoms with Gasteiger partial charge >= 0.3 is 23.9 Å². The molecule has 0 saturated heterocycles. The van der Waals surface area contributed by atoms with Gasteiger partial charge in [0.05, 0.1) is 37.4 Å². The van der Waals surface area contributed by atoms with E-state index in [1.54, 1.807) is 13.2 Å². The number of carboxylic acid groups (broad SMARTS) is 2. The zero-order valence-corrected chi connectivity index (χ0v) is 20.2. The topological polar surface area (TPSA) is 166 Å². The fourth-order valence-corrected chi connectivity index (χ4v) is 6.62. The number of hydrogen-bond acceptors (Lipinski definition) is 9. The first-order valence-corrected chi connectivity index (χ1v) is 12.2. The Balaban J connectivity index is 1.33. The maximum atomic E-state index is 12.7.